The van der Waals surface area contributed by atoms with Crippen molar-refractivity contribution in [3.63, 3.8) is 0 Å². The normalized spacial score (nSPS) is 12.9. The smallest absolute Gasteiger partial charge is 0.147 e. The third kappa shape index (κ3) is 3.89. The Hall–Kier alpha value is -0.206. The molecule has 1 aliphatic rings. The molecule has 0 radical (unpaired) electrons. The van der Waals surface area contributed by atoms with E-state index >= 15 is 0 Å². The van der Waals surface area contributed by atoms with Crippen molar-refractivity contribution in [3.8, 4) is 5.75 Å². The number of hydrogen-bond acceptors (Lipinski definition) is 1. The fourth-order valence-electron chi connectivity index (χ4n) is 1.73. The van der Waals surface area contributed by atoms with Crippen LogP contribution in [0.15, 0.2) is 40.3 Å². The second kappa shape index (κ2) is 7.99. The summed E-state index contributed by atoms with van der Waals surface area (Å²) < 4.78 is 7.05. The van der Waals surface area contributed by atoms with Gasteiger partial charge in [0, 0.05) is 0 Å². The van der Waals surface area contributed by atoms with E-state index in [2.05, 4.69) is 44.7 Å². The standard InChI is InChI=1S/C13H13O.2ClH.Ti/c1-2-14-13-10-6-5-9-12(13)11-7-3-4-8-11;;;/h3,5-7,9-10H,2,4H2,1H3;2*1H;. The van der Waals surface area contributed by atoms with E-state index in [1.165, 1.54) is 15.0 Å². The summed E-state index contributed by atoms with van der Waals surface area (Å²) in [6.07, 6.45) is 5.45. The summed E-state index contributed by atoms with van der Waals surface area (Å²) in [6, 6.07) is 8.23. The van der Waals surface area contributed by atoms with Crippen molar-refractivity contribution < 1.29 is 25.2 Å². The quantitative estimate of drug-likeness (QED) is 0.762. The molecule has 0 amide bonds. The largest absolute Gasteiger partial charge is 0.147 e. The van der Waals surface area contributed by atoms with Gasteiger partial charge in [0.2, 0.25) is 0 Å². The number of hydrogen-bond donors (Lipinski definition) is 0. The fraction of sp³-hybridized carbons (Fsp3) is 0.231. The molecule has 17 heavy (non-hydrogen) atoms. The molecule has 0 heterocycles. The molecule has 4 heteroatoms. The minimum atomic E-state index is 0. The molecular formula is C13H15Cl2OTi. The Labute approximate surface area is 127 Å². The van der Waals surface area contributed by atoms with Crippen molar-refractivity contribution >= 4 is 30.4 Å². The van der Waals surface area contributed by atoms with Gasteiger partial charge >= 0.3 is 102 Å². The van der Waals surface area contributed by atoms with Gasteiger partial charge in [0.1, 0.15) is 0 Å². The molecule has 0 unspecified atom stereocenters. The van der Waals surface area contributed by atoms with Crippen LogP contribution in [0.1, 0.15) is 18.9 Å². The molecule has 0 atom stereocenters. The first-order chi connectivity index (χ1) is 7.33. The van der Waals surface area contributed by atoms with Crippen LogP contribution < -0.4 is 4.74 Å². The Bertz CT molecular complexity index is 427. The van der Waals surface area contributed by atoms with E-state index in [1.54, 1.807) is 0 Å². The molecule has 1 aromatic rings. The second-order valence-corrected chi connectivity index (χ2v) is 4.37. The molecule has 91 valence electrons. The molecule has 0 saturated heterocycles. The van der Waals surface area contributed by atoms with Crippen LogP contribution in [0, 0.1) is 0 Å². The Morgan fingerprint density at radius 1 is 1.24 bits per heavy atom. The summed E-state index contributed by atoms with van der Waals surface area (Å²) in [5.41, 5.74) is 2.53. The summed E-state index contributed by atoms with van der Waals surface area (Å²) in [7, 11) is 0. The van der Waals surface area contributed by atoms with Crippen molar-refractivity contribution in [1.29, 1.82) is 0 Å². The number of ether oxygens (including phenoxy) is 1. The van der Waals surface area contributed by atoms with E-state index in [0.29, 0.717) is 6.61 Å². The zero-order valence-corrected chi connectivity index (χ0v) is 12.8. The number of benzene rings is 1. The molecule has 1 aliphatic carbocycles. The SMILES string of the molecule is CCOc1ccccc1C1=[C]([Ti])CC=C1.Cl.Cl. The second-order valence-electron chi connectivity index (χ2n) is 3.43. The van der Waals surface area contributed by atoms with Gasteiger partial charge in [-0.3, -0.25) is 0 Å². The molecule has 0 spiro atoms. The van der Waals surface area contributed by atoms with Gasteiger partial charge in [-0.25, -0.2) is 0 Å². The van der Waals surface area contributed by atoms with Crippen LogP contribution in [0.4, 0.5) is 0 Å². The number of halogens is 2. The van der Waals surface area contributed by atoms with E-state index < -0.39 is 0 Å². The minimum absolute atomic E-state index is 0. The average molecular weight is 306 g/mol. The molecule has 0 saturated carbocycles. The van der Waals surface area contributed by atoms with Crippen LogP contribution in [0.3, 0.4) is 0 Å². The van der Waals surface area contributed by atoms with Crippen molar-refractivity contribution in [2.45, 2.75) is 13.3 Å². The van der Waals surface area contributed by atoms with Crippen LogP contribution in [0.5, 0.6) is 5.75 Å². The van der Waals surface area contributed by atoms with Gasteiger partial charge in [-0.1, -0.05) is 0 Å². The van der Waals surface area contributed by atoms with E-state index in [4.69, 9.17) is 4.74 Å². The summed E-state index contributed by atoms with van der Waals surface area (Å²) in [4.78, 5) is 0. The Kier molecular flexibility index (Phi) is 7.90. The van der Waals surface area contributed by atoms with E-state index in [1.807, 2.05) is 19.1 Å². The first-order valence-corrected chi connectivity index (χ1v) is 5.94. The summed E-state index contributed by atoms with van der Waals surface area (Å²) >= 11 is 2.18. The molecule has 0 bridgehead atoms. The van der Waals surface area contributed by atoms with E-state index in [9.17, 15) is 0 Å². The zero-order chi connectivity index (χ0) is 10.7. The van der Waals surface area contributed by atoms with Crippen LogP contribution in [0.25, 0.3) is 5.57 Å². The number of allylic oxidation sites excluding steroid dienone is 4. The molecule has 1 nitrogen and oxygen atoms in total. The van der Waals surface area contributed by atoms with Crippen molar-refractivity contribution in [2.75, 3.05) is 6.61 Å². The molecular weight excluding hydrogens is 291 g/mol. The maximum atomic E-state index is 5.63. The first kappa shape index (κ1) is 16.8. The molecule has 0 aliphatic heterocycles. The number of para-hydroxylation sites is 1. The molecule has 2 rings (SSSR count). The van der Waals surface area contributed by atoms with Crippen molar-refractivity contribution in [2.24, 2.45) is 0 Å². The molecule has 0 fully saturated rings. The summed E-state index contributed by atoms with van der Waals surface area (Å²) in [5, 5.41) is 0. The van der Waals surface area contributed by atoms with Crippen molar-refractivity contribution in [1.82, 2.24) is 0 Å². The van der Waals surface area contributed by atoms with Gasteiger partial charge in [-0.15, -0.1) is 24.8 Å². The van der Waals surface area contributed by atoms with Gasteiger partial charge in [0.15, 0.2) is 0 Å². The maximum absolute atomic E-state index is 5.63. The topological polar surface area (TPSA) is 9.23 Å². The average Bonchev–Trinajstić information content (AvgIpc) is 2.66. The van der Waals surface area contributed by atoms with Crippen LogP contribution in [-0.4, -0.2) is 6.61 Å². The Balaban J connectivity index is 0.00000128. The van der Waals surface area contributed by atoms with Crippen LogP contribution in [-0.2, 0) is 20.4 Å². The van der Waals surface area contributed by atoms with Crippen LogP contribution >= 0.6 is 24.8 Å². The molecule has 0 aromatic heterocycles. The zero-order valence-electron chi connectivity index (χ0n) is 9.60. The van der Waals surface area contributed by atoms with E-state index in [-0.39, 0.29) is 24.8 Å². The van der Waals surface area contributed by atoms with Gasteiger partial charge < -0.3 is 0 Å². The minimum Gasteiger partial charge on any atom is -0.147 e. The number of rotatable bonds is 3. The fourth-order valence-corrected chi connectivity index (χ4v) is 2.25. The van der Waals surface area contributed by atoms with E-state index in [0.717, 1.165) is 12.2 Å². The predicted molar refractivity (Wildman–Crippen MR) is 72.8 cm³/mol. The summed E-state index contributed by atoms with van der Waals surface area (Å²) in [5.74, 6) is 0.987. The Morgan fingerprint density at radius 3 is 2.53 bits per heavy atom. The van der Waals surface area contributed by atoms with Gasteiger partial charge in [0.25, 0.3) is 0 Å². The molecule has 1 aromatic carbocycles. The first-order valence-electron chi connectivity index (χ1n) is 5.16. The third-order valence-electron chi connectivity index (χ3n) is 2.41. The summed E-state index contributed by atoms with van der Waals surface area (Å²) in [6.45, 7) is 2.73. The van der Waals surface area contributed by atoms with Crippen molar-refractivity contribution in [3.05, 3.63) is 45.9 Å². The molecule has 0 N–H and O–H groups in total. The Morgan fingerprint density at radius 2 is 1.94 bits per heavy atom. The van der Waals surface area contributed by atoms with Gasteiger partial charge in [-0.2, -0.15) is 0 Å². The third-order valence-corrected chi connectivity index (χ3v) is 3.15. The monoisotopic (exact) mass is 305 g/mol. The van der Waals surface area contributed by atoms with Crippen LogP contribution in [0.2, 0.25) is 0 Å². The van der Waals surface area contributed by atoms with Gasteiger partial charge in [-0.05, 0) is 0 Å². The van der Waals surface area contributed by atoms with Gasteiger partial charge in [0.05, 0.1) is 0 Å². The predicted octanol–water partition coefficient (Wildman–Crippen LogP) is 4.15. The maximum Gasteiger partial charge on any atom is -0.147 e.